The van der Waals surface area contributed by atoms with Gasteiger partial charge in [-0.3, -0.25) is 4.79 Å². The molecule has 0 aliphatic rings. The summed E-state index contributed by atoms with van der Waals surface area (Å²) in [7, 11) is 0. The highest BCUT2D eigenvalue weighted by atomic mass is 35.5. The highest BCUT2D eigenvalue weighted by Gasteiger charge is 2.19. The second kappa shape index (κ2) is 8.80. The Morgan fingerprint density at radius 2 is 1.61 bits per heavy atom. The minimum absolute atomic E-state index is 0.234. The van der Waals surface area contributed by atoms with E-state index in [4.69, 9.17) is 11.6 Å². The molecule has 0 saturated carbocycles. The zero-order valence-electron chi connectivity index (χ0n) is 16.2. The van der Waals surface area contributed by atoms with E-state index in [9.17, 15) is 4.79 Å². The van der Waals surface area contributed by atoms with Crippen molar-refractivity contribution in [3.8, 4) is 0 Å². The maximum absolute atomic E-state index is 12.4. The van der Waals surface area contributed by atoms with Crippen LogP contribution in [0, 0.1) is 0 Å². The van der Waals surface area contributed by atoms with Gasteiger partial charge < -0.3 is 0 Å². The van der Waals surface area contributed by atoms with Crippen LogP contribution in [0.1, 0.15) is 37.5 Å². The highest BCUT2D eigenvalue weighted by Crippen LogP contribution is 2.27. The van der Waals surface area contributed by atoms with Gasteiger partial charge in [-0.1, -0.05) is 78.4 Å². The largest absolute Gasteiger partial charge is 0.287 e. The van der Waals surface area contributed by atoms with Gasteiger partial charge in [0.2, 0.25) is 0 Å². The second-order valence-corrected chi connectivity index (χ2v) is 8.88. The molecule has 0 atom stereocenters. The van der Waals surface area contributed by atoms with Crippen molar-refractivity contribution in [1.29, 1.82) is 0 Å². The Balaban J connectivity index is 1.66. The predicted molar refractivity (Wildman–Crippen MR) is 120 cm³/mol. The van der Waals surface area contributed by atoms with Gasteiger partial charge in [0.25, 0.3) is 5.56 Å². The van der Waals surface area contributed by atoms with Gasteiger partial charge in [-0.05, 0) is 37.5 Å². The monoisotopic (exact) mass is 410 g/mol. The van der Waals surface area contributed by atoms with Crippen molar-refractivity contribution in [1.82, 2.24) is 9.78 Å². The van der Waals surface area contributed by atoms with Crippen LogP contribution in [0.3, 0.4) is 0 Å². The number of hydrogen-bond donors (Lipinski definition) is 0. The van der Waals surface area contributed by atoms with E-state index >= 15 is 0 Å². The fourth-order valence-electron chi connectivity index (χ4n) is 2.64. The molecule has 0 N–H and O–H groups in total. The Labute approximate surface area is 175 Å². The van der Waals surface area contributed by atoms with Gasteiger partial charge in [0.05, 0.1) is 16.6 Å². The van der Waals surface area contributed by atoms with Crippen molar-refractivity contribution in [2.75, 3.05) is 0 Å². The standard InChI is InChI=1S/C23H23ClN2OS/c1-23(2,3)26-22(27)21(24)20(15-25-26)28-16-19-13-11-18(12-14-19)10-9-17-7-5-4-6-8-17/h4-15H,16H2,1-3H3. The van der Waals surface area contributed by atoms with E-state index in [0.29, 0.717) is 4.90 Å². The summed E-state index contributed by atoms with van der Waals surface area (Å²) in [5, 5.41) is 4.51. The molecule has 0 saturated heterocycles. The number of halogens is 1. The zero-order valence-corrected chi connectivity index (χ0v) is 17.8. The minimum Gasteiger partial charge on any atom is -0.266 e. The van der Waals surface area contributed by atoms with Crippen LogP contribution in [0.2, 0.25) is 5.02 Å². The summed E-state index contributed by atoms with van der Waals surface area (Å²) in [6.45, 7) is 5.79. The maximum atomic E-state index is 12.4. The van der Waals surface area contributed by atoms with E-state index in [1.807, 2.05) is 39.0 Å². The Bertz CT molecular complexity index is 1020. The predicted octanol–water partition coefficient (Wildman–Crippen LogP) is 6.11. The third kappa shape index (κ3) is 5.15. The Kier molecular flexibility index (Phi) is 6.42. The van der Waals surface area contributed by atoms with Gasteiger partial charge >= 0.3 is 0 Å². The summed E-state index contributed by atoms with van der Waals surface area (Å²) in [6, 6.07) is 18.6. The van der Waals surface area contributed by atoms with Crippen LogP contribution in [0.5, 0.6) is 0 Å². The Hall–Kier alpha value is -2.30. The molecule has 28 heavy (non-hydrogen) atoms. The number of benzene rings is 2. The molecule has 0 bridgehead atoms. The summed E-state index contributed by atoms with van der Waals surface area (Å²) in [6.07, 6.45) is 5.87. The third-order valence-electron chi connectivity index (χ3n) is 4.16. The zero-order chi connectivity index (χ0) is 20.1. The topological polar surface area (TPSA) is 34.9 Å². The summed E-state index contributed by atoms with van der Waals surface area (Å²) in [4.78, 5) is 13.1. The molecule has 144 valence electrons. The molecule has 1 aromatic heterocycles. The molecule has 5 heteroatoms. The van der Waals surface area contributed by atoms with Crippen molar-refractivity contribution < 1.29 is 0 Å². The lowest BCUT2D eigenvalue weighted by atomic mass is 10.1. The van der Waals surface area contributed by atoms with Crippen LogP contribution < -0.4 is 5.56 Å². The number of rotatable bonds is 5. The van der Waals surface area contributed by atoms with Crippen LogP contribution in [0.4, 0.5) is 0 Å². The molecule has 3 rings (SSSR count). The van der Waals surface area contributed by atoms with Crippen molar-refractivity contribution in [2.45, 2.75) is 37.0 Å². The van der Waals surface area contributed by atoms with Crippen molar-refractivity contribution >= 4 is 35.5 Å². The smallest absolute Gasteiger partial charge is 0.266 e. The van der Waals surface area contributed by atoms with Gasteiger partial charge in [0.1, 0.15) is 5.02 Å². The van der Waals surface area contributed by atoms with E-state index < -0.39 is 5.54 Å². The normalized spacial score (nSPS) is 11.9. The third-order valence-corrected chi connectivity index (χ3v) is 5.74. The lowest BCUT2D eigenvalue weighted by Crippen LogP contribution is -2.36. The van der Waals surface area contributed by atoms with E-state index in [1.165, 1.54) is 22.0 Å². The quantitative estimate of drug-likeness (QED) is 0.375. The van der Waals surface area contributed by atoms with Gasteiger partial charge in [-0.2, -0.15) is 5.10 Å². The Morgan fingerprint density at radius 1 is 1.00 bits per heavy atom. The summed E-state index contributed by atoms with van der Waals surface area (Å²) >= 11 is 7.82. The maximum Gasteiger partial charge on any atom is 0.287 e. The number of hydrogen-bond acceptors (Lipinski definition) is 3. The number of aromatic nitrogens is 2. The molecule has 0 spiro atoms. The van der Waals surface area contributed by atoms with Gasteiger partial charge in [0, 0.05) is 5.75 Å². The SMILES string of the molecule is CC(C)(C)n1ncc(SCc2ccc(C=Cc3ccccc3)cc2)c(Cl)c1=O. The van der Waals surface area contributed by atoms with Crippen LogP contribution in [-0.2, 0) is 11.3 Å². The summed E-state index contributed by atoms with van der Waals surface area (Å²) in [5.74, 6) is 0.725. The first-order valence-electron chi connectivity index (χ1n) is 9.08. The molecule has 0 fully saturated rings. The number of nitrogens with zero attached hydrogens (tertiary/aromatic N) is 2. The highest BCUT2D eigenvalue weighted by molar-refractivity contribution is 7.98. The van der Waals surface area contributed by atoms with Crippen LogP contribution in [0.25, 0.3) is 12.2 Å². The molecule has 3 aromatic rings. The fourth-order valence-corrected chi connectivity index (χ4v) is 3.78. The summed E-state index contributed by atoms with van der Waals surface area (Å²) in [5.41, 5.74) is 2.84. The fraction of sp³-hybridized carbons (Fsp3) is 0.217. The molecular formula is C23H23ClN2OS. The van der Waals surface area contributed by atoms with Gasteiger partial charge in [-0.25, -0.2) is 4.68 Å². The molecule has 0 unspecified atom stereocenters. The van der Waals surface area contributed by atoms with Crippen molar-refractivity contribution in [3.63, 3.8) is 0 Å². The van der Waals surface area contributed by atoms with Crippen molar-refractivity contribution in [3.05, 3.63) is 92.9 Å². The lowest BCUT2D eigenvalue weighted by molar-refractivity contribution is 0.336. The first kappa shape index (κ1) is 20.4. The second-order valence-electron chi connectivity index (χ2n) is 7.48. The van der Waals surface area contributed by atoms with E-state index in [0.717, 1.165) is 16.9 Å². The van der Waals surface area contributed by atoms with Crippen LogP contribution in [0.15, 0.2) is 70.5 Å². The first-order valence-corrected chi connectivity index (χ1v) is 10.4. The van der Waals surface area contributed by atoms with E-state index in [-0.39, 0.29) is 10.6 Å². The molecule has 0 aliphatic heterocycles. The average Bonchev–Trinajstić information content (AvgIpc) is 2.68. The molecular weight excluding hydrogens is 388 g/mol. The minimum atomic E-state index is -0.396. The van der Waals surface area contributed by atoms with E-state index in [1.54, 1.807) is 6.20 Å². The Morgan fingerprint density at radius 3 is 2.21 bits per heavy atom. The van der Waals surface area contributed by atoms with E-state index in [2.05, 4.69) is 53.6 Å². The molecule has 3 nitrogen and oxygen atoms in total. The summed E-state index contributed by atoms with van der Waals surface area (Å²) < 4.78 is 1.42. The number of thioether (sulfide) groups is 1. The molecule has 1 heterocycles. The van der Waals surface area contributed by atoms with Crippen molar-refractivity contribution in [2.24, 2.45) is 0 Å². The molecule has 0 radical (unpaired) electrons. The molecule has 2 aromatic carbocycles. The van der Waals surface area contributed by atoms with Gasteiger partial charge in [0.15, 0.2) is 0 Å². The molecule has 0 amide bonds. The van der Waals surface area contributed by atoms with Crippen LogP contribution >= 0.6 is 23.4 Å². The average molecular weight is 411 g/mol. The lowest BCUT2D eigenvalue weighted by Gasteiger charge is -2.21. The van der Waals surface area contributed by atoms with Gasteiger partial charge in [-0.15, -0.1) is 11.8 Å². The molecule has 0 aliphatic carbocycles. The van der Waals surface area contributed by atoms with Crippen LogP contribution in [-0.4, -0.2) is 9.78 Å². The first-order chi connectivity index (χ1) is 13.3.